The molecule has 164 valence electrons. The van der Waals surface area contributed by atoms with E-state index in [9.17, 15) is 9.59 Å². The highest BCUT2D eigenvalue weighted by molar-refractivity contribution is 5.93. The summed E-state index contributed by atoms with van der Waals surface area (Å²) in [5, 5.41) is 12.4. The minimum atomic E-state index is -0.503. The molecule has 0 aliphatic carbocycles. The molecule has 10 nitrogen and oxygen atoms in total. The third kappa shape index (κ3) is 3.86. The molecule has 10 heteroatoms. The second kappa shape index (κ2) is 8.29. The van der Waals surface area contributed by atoms with Crippen LogP contribution in [0.15, 0.2) is 42.5 Å². The quantitative estimate of drug-likeness (QED) is 0.646. The summed E-state index contributed by atoms with van der Waals surface area (Å²) in [5.74, 6) is 1.25. The number of nitrogens with two attached hydrogens (primary N) is 1. The van der Waals surface area contributed by atoms with Gasteiger partial charge in [-0.2, -0.15) is 4.80 Å². The van der Waals surface area contributed by atoms with E-state index in [0.29, 0.717) is 36.7 Å². The monoisotopic (exact) mass is 434 g/mol. The van der Waals surface area contributed by atoms with Crippen molar-refractivity contribution in [1.29, 1.82) is 0 Å². The maximum atomic E-state index is 13.0. The standard InChI is InChI=1S/C22H22N6O4/c23-21(30)14-3-5-15(6-4-14)22-24-26-28(25-22)13-20(29)27-9-1-2-17(27)16-7-8-18-19(12-16)32-11-10-31-18/h3-8,12,17H,1-2,9-11,13H2,(H2,23,30)/t17-/m0/s1. The zero-order valence-electron chi connectivity index (χ0n) is 17.3. The number of ether oxygens (including phenoxy) is 2. The molecule has 2 amide bonds. The molecule has 0 bridgehead atoms. The zero-order valence-corrected chi connectivity index (χ0v) is 17.3. The summed E-state index contributed by atoms with van der Waals surface area (Å²) >= 11 is 0. The molecule has 2 aliphatic rings. The number of fused-ring (bicyclic) bond motifs is 1. The van der Waals surface area contributed by atoms with E-state index < -0.39 is 5.91 Å². The van der Waals surface area contributed by atoms with Crippen molar-refractivity contribution in [3.05, 3.63) is 53.6 Å². The Morgan fingerprint density at radius 2 is 1.84 bits per heavy atom. The Morgan fingerprint density at radius 3 is 2.62 bits per heavy atom. The van der Waals surface area contributed by atoms with Crippen LogP contribution in [0, 0.1) is 0 Å². The third-order valence-corrected chi connectivity index (χ3v) is 5.68. The number of likely N-dealkylation sites (tertiary alicyclic amines) is 1. The number of nitrogens with zero attached hydrogens (tertiary/aromatic N) is 5. The van der Waals surface area contributed by atoms with Gasteiger partial charge in [0.25, 0.3) is 0 Å². The predicted octanol–water partition coefficient (Wildman–Crippen LogP) is 1.57. The Bertz CT molecular complexity index is 1160. The number of amides is 2. The number of carbonyl (C=O) groups is 2. The van der Waals surface area contributed by atoms with Crippen molar-refractivity contribution in [2.24, 2.45) is 5.73 Å². The van der Waals surface area contributed by atoms with E-state index in [1.807, 2.05) is 23.1 Å². The van der Waals surface area contributed by atoms with Crippen LogP contribution in [0.3, 0.4) is 0 Å². The van der Waals surface area contributed by atoms with E-state index in [2.05, 4.69) is 15.4 Å². The predicted molar refractivity (Wildman–Crippen MR) is 113 cm³/mol. The van der Waals surface area contributed by atoms with Gasteiger partial charge in [0.05, 0.1) is 6.04 Å². The highest BCUT2D eigenvalue weighted by Gasteiger charge is 2.31. The van der Waals surface area contributed by atoms with Crippen LogP contribution in [-0.4, -0.2) is 56.7 Å². The van der Waals surface area contributed by atoms with Gasteiger partial charge >= 0.3 is 0 Å². The average Bonchev–Trinajstić information content (AvgIpc) is 3.49. The summed E-state index contributed by atoms with van der Waals surface area (Å²) in [7, 11) is 0. The highest BCUT2D eigenvalue weighted by Crippen LogP contribution is 2.38. The summed E-state index contributed by atoms with van der Waals surface area (Å²) < 4.78 is 11.3. The van der Waals surface area contributed by atoms with Crippen LogP contribution in [0.5, 0.6) is 11.5 Å². The number of benzene rings is 2. The normalized spacial score (nSPS) is 17.4. The number of rotatable bonds is 5. The first-order valence-electron chi connectivity index (χ1n) is 10.5. The topological polar surface area (TPSA) is 125 Å². The second-order valence-electron chi connectivity index (χ2n) is 7.73. The Hall–Kier alpha value is -3.95. The van der Waals surface area contributed by atoms with Gasteiger partial charge in [-0.1, -0.05) is 18.2 Å². The Morgan fingerprint density at radius 1 is 1.06 bits per heavy atom. The molecule has 0 radical (unpaired) electrons. The first kappa shape index (κ1) is 20.0. The maximum Gasteiger partial charge on any atom is 0.248 e. The van der Waals surface area contributed by atoms with Gasteiger partial charge in [0.1, 0.15) is 19.8 Å². The first-order chi connectivity index (χ1) is 15.6. The van der Waals surface area contributed by atoms with Gasteiger partial charge in [-0.25, -0.2) is 0 Å². The minimum absolute atomic E-state index is 0.00653. The van der Waals surface area contributed by atoms with Crippen molar-refractivity contribution in [3.8, 4) is 22.9 Å². The zero-order chi connectivity index (χ0) is 22.1. The molecule has 0 spiro atoms. The van der Waals surface area contributed by atoms with Crippen molar-refractivity contribution in [2.45, 2.75) is 25.4 Å². The number of carbonyl (C=O) groups excluding carboxylic acids is 2. The lowest BCUT2D eigenvalue weighted by molar-refractivity contribution is -0.133. The van der Waals surface area contributed by atoms with Gasteiger partial charge in [0, 0.05) is 17.7 Å². The van der Waals surface area contributed by atoms with Crippen LogP contribution < -0.4 is 15.2 Å². The lowest BCUT2D eigenvalue weighted by atomic mass is 10.0. The lowest BCUT2D eigenvalue weighted by Gasteiger charge is -2.26. The Labute approximate surface area is 183 Å². The average molecular weight is 434 g/mol. The fraction of sp³-hybridized carbons (Fsp3) is 0.318. The van der Waals surface area contributed by atoms with Gasteiger partial charge in [-0.3, -0.25) is 9.59 Å². The van der Waals surface area contributed by atoms with E-state index in [4.69, 9.17) is 15.2 Å². The van der Waals surface area contributed by atoms with Crippen molar-refractivity contribution < 1.29 is 19.1 Å². The number of hydrogen-bond donors (Lipinski definition) is 1. The molecular weight excluding hydrogens is 412 g/mol. The maximum absolute atomic E-state index is 13.0. The molecule has 5 rings (SSSR count). The Balaban J connectivity index is 1.29. The van der Waals surface area contributed by atoms with E-state index in [0.717, 1.165) is 29.9 Å². The SMILES string of the molecule is NC(=O)c1ccc(-c2nnn(CC(=O)N3CCC[C@H]3c3ccc4c(c3)OCCO4)n2)cc1. The summed E-state index contributed by atoms with van der Waals surface area (Å²) in [6.07, 6.45) is 1.81. The molecule has 0 saturated carbocycles. The van der Waals surface area contributed by atoms with Crippen LogP contribution in [0.1, 0.15) is 34.8 Å². The van der Waals surface area contributed by atoms with Crippen molar-refractivity contribution >= 4 is 11.8 Å². The van der Waals surface area contributed by atoms with Gasteiger partial charge in [-0.15, -0.1) is 10.2 Å². The van der Waals surface area contributed by atoms with Crippen LogP contribution >= 0.6 is 0 Å². The molecule has 1 atom stereocenters. The molecular formula is C22H22N6O4. The number of tetrazole rings is 1. The van der Waals surface area contributed by atoms with Crippen molar-refractivity contribution in [2.75, 3.05) is 19.8 Å². The van der Waals surface area contributed by atoms with E-state index >= 15 is 0 Å². The molecule has 3 aromatic rings. The van der Waals surface area contributed by atoms with Crippen LogP contribution in [0.4, 0.5) is 0 Å². The summed E-state index contributed by atoms with van der Waals surface area (Å²) in [6.45, 7) is 1.74. The molecule has 2 aliphatic heterocycles. The van der Waals surface area contributed by atoms with Gasteiger partial charge in [0.2, 0.25) is 17.6 Å². The van der Waals surface area contributed by atoms with Gasteiger partial charge < -0.3 is 20.1 Å². The Kier molecular flexibility index (Phi) is 5.18. The number of primary amides is 1. The molecule has 0 unspecified atom stereocenters. The third-order valence-electron chi connectivity index (χ3n) is 5.68. The molecule has 2 aromatic carbocycles. The fourth-order valence-electron chi connectivity index (χ4n) is 4.10. The molecule has 1 aromatic heterocycles. The molecule has 3 heterocycles. The molecule has 32 heavy (non-hydrogen) atoms. The smallest absolute Gasteiger partial charge is 0.248 e. The van der Waals surface area contributed by atoms with E-state index in [-0.39, 0.29) is 18.5 Å². The summed E-state index contributed by atoms with van der Waals surface area (Å²) in [6, 6.07) is 12.4. The summed E-state index contributed by atoms with van der Waals surface area (Å²) in [5.41, 5.74) is 7.38. The van der Waals surface area contributed by atoms with Crippen molar-refractivity contribution in [1.82, 2.24) is 25.1 Å². The van der Waals surface area contributed by atoms with E-state index in [1.165, 1.54) is 4.80 Å². The van der Waals surface area contributed by atoms with Crippen LogP contribution in [0.2, 0.25) is 0 Å². The lowest BCUT2D eigenvalue weighted by Crippen LogP contribution is -2.34. The number of hydrogen-bond acceptors (Lipinski definition) is 7. The minimum Gasteiger partial charge on any atom is -0.486 e. The largest absolute Gasteiger partial charge is 0.486 e. The first-order valence-corrected chi connectivity index (χ1v) is 10.5. The van der Waals surface area contributed by atoms with Crippen LogP contribution in [-0.2, 0) is 11.3 Å². The van der Waals surface area contributed by atoms with Crippen molar-refractivity contribution in [3.63, 3.8) is 0 Å². The summed E-state index contributed by atoms with van der Waals surface area (Å²) in [4.78, 5) is 27.4. The second-order valence-corrected chi connectivity index (χ2v) is 7.73. The fourth-order valence-corrected chi connectivity index (χ4v) is 4.10. The molecule has 1 fully saturated rings. The molecule has 2 N–H and O–H groups in total. The van der Waals surface area contributed by atoms with E-state index in [1.54, 1.807) is 24.3 Å². The highest BCUT2D eigenvalue weighted by atomic mass is 16.6. The number of aromatic nitrogens is 4. The van der Waals surface area contributed by atoms with Crippen LogP contribution in [0.25, 0.3) is 11.4 Å². The molecule has 1 saturated heterocycles. The van der Waals surface area contributed by atoms with Gasteiger partial charge in [0.15, 0.2) is 11.5 Å². The van der Waals surface area contributed by atoms with Gasteiger partial charge in [-0.05, 0) is 47.9 Å².